The van der Waals surface area contributed by atoms with Crippen LogP contribution in [0.3, 0.4) is 0 Å². The molecule has 1 N–H and O–H groups in total. The third-order valence-corrected chi connectivity index (χ3v) is 5.57. The normalized spacial score (nSPS) is 18.2. The average molecular weight is 448 g/mol. The van der Waals surface area contributed by atoms with Gasteiger partial charge in [0, 0.05) is 23.9 Å². The molecule has 32 heavy (non-hydrogen) atoms. The third kappa shape index (κ3) is 3.75. The summed E-state index contributed by atoms with van der Waals surface area (Å²) in [5, 5.41) is 10.1. The first-order valence-corrected chi connectivity index (χ1v) is 9.86. The van der Waals surface area contributed by atoms with E-state index in [0.717, 1.165) is 0 Å². The van der Waals surface area contributed by atoms with E-state index in [4.69, 9.17) is 0 Å². The van der Waals surface area contributed by atoms with Gasteiger partial charge in [-0.15, -0.1) is 0 Å². The fourth-order valence-electron chi connectivity index (χ4n) is 3.83. The van der Waals surface area contributed by atoms with E-state index in [1.54, 1.807) is 31.2 Å². The van der Waals surface area contributed by atoms with Gasteiger partial charge >= 0.3 is 6.18 Å². The summed E-state index contributed by atoms with van der Waals surface area (Å²) in [6.07, 6.45) is -2.17. The highest BCUT2D eigenvalue weighted by molar-refractivity contribution is 5.95. The number of hydrogen-bond donors (Lipinski definition) is 1. The number of rotatable bonds is 3. The van der Waals surface area contributed by atoms with Crippen molar-refractivity contribution in [1.82, 2.24) is 19.4 Å². The molecule has 1 aliphatic rings. The molecule has 0 saturated carbocycles. The van der Waals surface area contributed by atoms with Crippen LogP contribution in [0.25, 0.3) is 11.3 Å². The van der Waals surface area contributed by atoms with Gasteiger partial charge in [0.25, 0.3) is 5.91 Å². The fourth-order valence-corrected chi connectivity index (χ4v) is 3.83. The minimum absolute atomic E-state index is 0.0400. The van der Waals surface area contributed by atoms with Crippen LogP contribution >= 0.6 is 0 Å². The van der Waals surface area contributed by atoms with E-state index in [1.165, 1.54) is 34.0 Å². The molecule has 0 fully saturated rings. The van der Waals surface area contributed by atoms with Crippen molar-refractivity contribution in [3.63, 3.8) is 0 Å². The van der Waals surface area contributed by atoms with E-state index in [2.05, 4.69) is 9.97 Å². The van der Waals surface area contributed by atoms with E-state index in [1.807, 2.05) is 0 Å². The lowest BCUT2D eigenvalue weighted by Crippen LogP contribution is -2.45. The molecule has 2 aromatic heterocycles. The molecular formula is C22H20F4N4O2. The zero-order valence-electron chi connectivity index (χ0n) is 17.3. The molecule has 1 aliphatic heterocycles. The number of halogens is 4. The van der Waals surface area contributed by atoms with Gasteiger partial charge < -0.3 is 14.6 Å². The van der Waals surface area contributed by atoms with Gasteiger partial charge in [0.2, 0.25) is 5.60 Å². The van der Waals surface area contributed by atoms with Gasteiger partial charge in [0.1, 0.15) is 5.82 Å². The Hall–Kier alpha value is -3.27. The van der Waals surface area contributed by atoms with Crippen molar-refractivity contribution in [1.29, 1.82) is 0 Å². The monoisotopic (exact) mass is 448 g/mol. The highest BCUT2D eigenvalue weighted by Crippen LogP contribution is 2.40. The van der Waals surface area contributed by atoms with Crippen LogP contribution < -0.4 is 0 Å². The first-order valence-electron chi connectivity index (χ1n) is 9.86. The van der Waals surface area contributed by atoms with Crippen LogP contribution in [0.4, 0.5) is 17.6 Å². The molecule has 0 bridgehead atoms. The summed E-state index contributed by atoms with van der Waals surface area (Å²) in [4.78, 5) is 22.7. The Morgan fingerprint density at radius 1 is 1.16 bits per heavy atom. The third-order valence-electron chi connectivity index (χ3n) is 5.57. The number of hydrogen-bond acceptors (Lipinski definition) is 4. The Morgan fingerprint density at radius 3 is 2.50 bits per heavy atom. The minimum Gasteiger partial charge on any atom is -0.374 e. The van der Waals surface area contributed by atoms with Gasteiger partial charge in [0.05, 0.1) is 30.2 Å². The number of aromatic nitrogens is 3. The van der Waals surface area contributed by atoms with E-state index in [0.29, 0.717) is 29.4 Å². The first kappa shape index (κ1) is 21.9. The highest BCUT2D eigenvalue weighted by atomic mass is 19.4. The van der Waals surface area contributed by atoms with Crippen molar-refractivity contribution in [3.05, 3.63) is 71.7 Å². The van der Waals surface area contributed by atoms with E-state index in [9.17, 15) is 27.5 Å². The summed E-state index contributed by atoms with van der Waals surface area (Å²) in [5.41, 5.74) is -1.23. The number of carbonyl (C=O) groups is 1. The number of pyridine rings is 1. The summed E-state index contributed by atoms with van der Waals surface area (Å²) in [6, 6.07) is 8.31. The summed E-state index contributed by atoms with van der Waals surface area (Å²) in [7, 11) is 0. The molecule has 1 aromatic carbocycles. The summed E-state index contributed by atoms with van der Waals surface area (Å²) in [5.74, 6) is -1.20. The molecule has 0 aliphatic carbocycles. The van der Waals surface area contributed by atoms with Gasteiger partial charge in [-0.2, -0.15) is 13.2 Å². The van der Waals surface area contributed by atoms with Gasteiger partial charge in [-0.3, -0.25) is 9.78 Å². The summed E-state index contributed by atoms with van der Waals surface area (Å²) >= 11 is 0. The van der Waals surface area contributed by atoms with E-state index in [-0.39, 0.29) is 24.8 Å². The molecule has 4 rings (SSSR count). The lowest BCUT2D eigenvalue weighted by atomic mass is 10.0. The van der Waals surface area contributed by atoms with Crippen molar-refractivity contribution in [2.45, 2.75) is 38.2 Å². The van der Waals surface area contributed by atoms with Crippen molar-refractivity contribution in [3.8, 4) is 11.3 Å². The molecule has 10 heteroatoms. The molecule has 0 saturated heterocycles. The Kier molecular flexibility index (Phi) is 5.28. The lowest BCUT2D eigenvalue weighted by Gasteiger charge is -2.36. The van der Waals surface area contributed by atoms with E-state index >= 15 is 0 Å². The van der Waals surface area contributed by atoms with Crippen molar-refractivity contribution in [2.24, 2.45) is 0 Å². The molecule has 6 nitrogen and oxygen atoms in total. The number of imidazole rings is 1. The molecule has 1 unspecified atom stereocenters. The van der Waals surface area contributed by atoms with Crippen LogP contribution in [0.5, 0.6) is 0 Å². The topological polar surface area (TPSA) is 71.2 Å². The second-order valence-electron chi connectivity index (χ2n) is 7.98. The zero-order chi connectivity index (χ0) is 23.3. The van der Waals surface area contributed by atoms with Crippen LogP contribution in [0.1, 0.15) is 41.8 Å². The molecule has 168 valence electrons. The van der Waals surface area contributed by atoms with Gasteiger partial charge in [0.15, 0.2) is 5.82 Å². The fraction of sp³-hybridized carbons (Fsp3) is 0.318. The molecule has 0 radical (unpaired) electrons. The zero-order valence-corrected chi connectivity index (χ0v) is 17.3. The number of amides is 1. The number of carbonyl (C=O) groups excluding carboxylic acids is 1. The summed E-state index contributed by atoms with van der Waals surface area (Å²) in [6.45, 7) is 2.51. The Balaban J connectivity index is 1.61. The lowest BCUT2D eigenvalue weighted by molar-refractivity contribution is -0.263. The first-order chi connectivity index (χ1) is 15.0. The van der Waals surface area contributed by atoms with Gasteiger partial charge in [-0.25, -0.2) is 9.37 Å². The Morgan fingerprint density at radius 2 is 1.84 bits per heavy atom. The number of benzene rings is 1. The number of aliphatic hydroxyl groups is 1. The second kappa shape index (κ2) is 7.70. The number of nitrogens with zero attached hydrogens (tertiary/aromatic N) is 4. The predicted octanol–water partition coefficient (Wildman–Crippen LogP) is 4.07. The van der Waals surface area contributed by atoms with E-state index < -0.39 is 23.6 Å². The van der Waals surface area contributed by atoms with Gasteiger partial charge in [-0.1, -0.05) is 0 Å². The number of fused-ring (bicyclic) bond motifs is 1. The number of alkyl halides is 3. The molecule has 0 spiro atoms. The second-order valence-corrected chi connectivity index (χ2v) is 7.98. The van der Waals surface area contributed by atoms with Crippen LogP contribution in [0, 0.1) is 5.82 Å². The van der Waals surface area contributed by atoms with Crippen LogP contribution in [-0.2, 0) is 12.1 Å². The smallest absolute Gasteiger partial charge is 0.374 e. The van der Waals surface area contributed by atoms with Gasteiger partial charge in [-0.05, 0) is 50.2 Å². The SMILES string of the molecule is C[C@H]1CN(C(=O)c2ccnc(-c3ccc(F)cc3)c2)Cc2cnc(C(C)(O)C(F)(F)F)n21. The maximum Gasteiger partial charge on any atom is 0.424 e. The van der Waals surface area contributed by atoms with Crippen LogP contribution in [0.15, 0.2) is 48.8 Å². The van der Waals surface area contributed by atoms with Crippen molar-refractivity contribution in [2.75, 3.05) is 6.54 Å². The Labute approximate surface area is 181 Å². The van der Waals surface area contributed by atoms with Crippen LogP contribution in [-0.4, -0.2) is 43.2 Å². The molecule has 3 aromatic rings. The van der Waals surface area contributed by atoms with Crippen molar-refractivity contribution >= 4 is 5.91 Å². The molecule has 3 heterocycles. The predicted molar refractivity (Wildman–Crippen MR) is 107 cm³/mol. The Bertz CT molecular complexity index is 1160. The van der Waals surface area contributed by atoms with Crippen molar-refractivity contribution < 1.29 is 27.5 Å². The highest BCUT2D eigenvalue weighted by Gasteiger charge is 2.55. The summed E-state index contributed by atoms with van der Waals surface area (Å²) < 4.78 is 54.5. The quantitative estimate of drug-likeness (QED) is 0.614. The standard InChI is InChI=1S/C22H20F4N4O2/c1-13-11-29(12-17-10-28-20(30(13)17)21(2,32)22(24,25)26)19(31)15-7-8-27-18(9-15)14-3-5-16(23)6-4-14/h3-10,13,32H,11-12H2,1-2H3/t13-,21?/m0/s1. The maximum absolute atomic E-state index is 13.3. The molecule has 2 atom stereocenters. The minimum atomic E-state index is -4.89. The van der Waals surface area contributed by atoms with Crippen LogP contribution in [0.2, 0.25) is 0 Å². The average Bonchev–Trinajstić information content (AvgIpc) is 3.18. The maximum atomic E-state index is 13.3. The molecular weight excluding hydrogens is 428 g/mol. The largest absolute Gasteiger partial charge is 0.424 e. The molecule has 1 amide bonds.